The highest BCUT2D eigenvalue weighted by Gasteiger charge is 2.25. The maximum absolute atomic E-state index is 6.30. The fourth-order valence-corrected chi connectivity index (χ4v) is 14.0. The zero-order valence-corrected chi connectivity index (χ0v) is 52.1. The van der Waals surface area contributed by atoms with Crippen molar-refractivity contribution in [3.63, 3.8) is 0 Å². The second-order valence-corrected chi connectivity index (χ2v) is 24.4. The maximum Gasteiger partial charge on any atom is 0.227 e. The number of anilines is 9. The van der Waals surface area contributed by atoms with Crippen LogP contribution in [0.15, 0.2) is 347 Å². The zero-order chi connectivity index (χ0) is 63.9. The largest absolute Gasteiger partial charge is 0.436 e. The highest BCUT2D eigenvalue weighted by molar-refractivity contribution is 6.13. The summed E-state index contributed by atoms with van der Waals surface area (Å²) in [6.07, 6.45) is 0. The summed E-state index contributed by atoms with van der Waals surface area (Å²) in [5, 5.41) is 8.99. The molecule has 15 aromatic carbocycles. The summed E-state index contributed by atoms with van der Waals surface area (Å²) in [5.74, 6) is 1.73. The number of fused-ring (bicyclic) bond motifs is 9. The van der Waals surface area contributed by atoms with E-state index in [0.717, 1.165) is 161 Å². The van der Waals surface area contributed by atoms with Gasteiger partial charge in [0.25, 0.3) is 0 Å². The number of oxazole rings is 3. The van der Waals surface area contributed by atoms with Crippen LogP contribution in [-0.4, -0.2) is 19.5 Å². The summed E-state index contributed by atoms with van der Waals surface area (Å²) in [6.45, 7) is 0. The van der Waals surface area contributed by atoms with Gasteiger partial charge in [0.2, 0.25) is 17.7 Å². The standard InChI is InChI=1S/C87H55N7O3/c1-4-22-69-56(16-1)19-13-28-77(69)91(62-40-34-59(35-41-62)85-88-74-25-7-10-31-82(74)95-85)65-46-48-66(49-47-65)94-80-52-50-67(92(78-29-14-20-57-17-2-5-23-70(57)78)63-42-36-60(37-43-63)86-89-75-26-8-11-32-83(75)96-86)54-72(80)73-55-68(51-53-81(73)94)93(79-30-15-21-58-18-3-6-24-71(58)79)64-44-38-61(39-45-64)87-90-76-27-9-12-33-84(76)97-87/h1-55H. The Labute approximate surface area is 556 Å². The summed E-state index contributed by atoms with van der Waals surface area (Å²) in [6, 6.07) is 118. The number of hydrogen-bond donors (Lipinski definition) is 0. The van der Waals surface area contributed by atoms with E-state index in [-0.39, 0.29) is 0 Å². The molecule has 0 aliphatic heterocycles. The molecule has 0 aliphatic carbocycles. The number of benzene rings is 15. The molecule has 0 amide bonds. The molecule has 4 heterocycles. The number of nitrogens with zero attached hydrogens (tertiary/aromatic N) is 7. The predicted molar refractivity (Wildman–Crippen MR) is 396 cm³/mol. The van der Waals surface area contributed by atoms with E-state index in [4.69, 9.17) is 28.2 Å². The molecule has 0 saturated heterocycles. The quantitative estimate of drug-likeness (QED) is 0.112. The van der Waals surface area contributed by atoms with Crippen molar-refractivity contribution >= 4 is 139 Å². The van der Waals surface area contributed by atoms with Crippen LogP contribution in [0.5, 0.6) is 0 Å². The predicted octanol–water partition coefficient (Wildman–Crippen LogP) is 24.1. The number of aromatic nitrogens is 4. The fraction of sp³-hybridized carbons (Fsp3) is 0. The van der Waals surface area contributed by atoms with Crippen LogP contribution in [0.2, 0.25) is 0 Å². The maximum atomic E-state index is 6.30. The topological polar surface area (TPSA) is 92.7 Å². The summed E-state index contributed by atoms with van der Waals surface area (Å²) in [7, 11) is 0. The molecule has 0 aliphatic rings. The lowest BCUT2D eigenvalue weighted by Crippen LogP contribution is -2.11. The highest BCUT2D eigenvalue weighted by Crippen LogP contribution is 2.47. The third kappa shape index (κ3) is 9.61. The van der Waals surface area contributed by atoms with Gasteiger partial charge in [-0.2, -0.15) is 0 Å². The molecule has 0 bridgehead atoms. The van der Waals surface area contributed by atoms with E-state index in [1.165, 1.54) is 0 Å². The van der Waals surface area contributed by atoms with Gasteiger partial charge in [0.05, 0.1) is 28.1 Å². The van der Waals surface area contributed by atoms with Crippen molar-refractivity contribution in [2.75, 3.05) is 14.7 Å². The molecule has 0 N–H and O–H groups in total. The van der Waals surface area contributed by atoms with Gasteiger partial charge in [0.15, 0.2) is 16.7 Å². The Kier molecular flexibility index (Phi) is 13.0. The van der Waals surface area contributed by atoms with E-state index in [0.29, 0.717) is 17.7 Å². The van der Waals surface area contributed by atoms with E-state index >= 15 is 0 Å². The minimum atomic E-state index is 0.576. The first-order valence-electron chi connectivity index (χ1n) is 32.5. The van der Waals surface area contributed by atoms with Crippen LogP contribution in [0.4, 0.5) is 51.2 Å². The Balaban J connectivity index is 0.795. The van der Waals surface area contributed by atoms with Gasteiger partial charge >= 0.3 is 0 Å². The molecule has 0 atom stereocenters. The van der Waals surface area contributed by atoms with Crippen molar-refractivity contribution in [2.24, 2.45) is 0 Å². The Morgan fingerprint density at radius 3 is 0.876 bits per heavy atom. The van der Waals surface area contributed by atoms with Gasteiger partial charge < -0.3 is 32.5 Å². The van der Waals surface area contributed by atoms with E-state index in [1.807, 2.05) is 72.8 Å². The van der Waals surface area contributed by atoms with E-state index < -0.39 is 0 Å². The van der Waals surface area contributed by atoms with Crippen LogP contribution in [0.25, 0.3) is 127 Å². The number of para-hydroxylation sites is 6. The molecule has 10 heteroatoms. The lowest BCUT2D eigenvalue weighted by Gasteiger charge is -2.27. The SMILES string of the molecule is c1ccc2c(N(c3ccc(-c4nc5ccccc5o4)cc3)c3ccc(-n4c5ccc(N(c6ccc(-c7nc8ccccc8o7)cc6)c6cccc7ccccc67)cc5c5cc(N(c6ccc(-c7nc8ccccc8o7)cc6)c6cccc7ccccc67)ccc54)cc3)cccc2c1. The van der Waals surface area contributed by atoms with Gasteiger partial charge in [-0.15, -0.1) is 0 Å². The molecule has 0 fully saturated rings. The molecule has 456 valence electrons. The van der Waals surface area contributed by atoms with Crippen LogP contribution in [0.1, 0.15) is 0 Å². The van der Waals surface area contributed by atoms with Gasteiger partial charge in [-0.25, -0.2) is 15.0 Å². The first kappa shape index (κ1) is 55.3. The summed E-state index contributed by atoms with van der Waals surface area (Å²) in [4.78, 5) is 21.7. The molecular formula is C87H55N7O3. The smallest absolute Gasteiger partial charge is 0.227 e. The summed E-state index contributed by atoms with van der Waals surface area (Å²) >= 11 is 0. The molecule has 97 heavy (non-hydrogen) atoms. The van der Waals surface area contributed by atoms with Gasteiger partial charge in [-0.05, 0) is 204 Å². The Hall–Kier alpha value is -13.3. The number of hydrogen-bond acceptors (Lipinski definition) is 9. The first-order valence-corrected chi connectivity index (χ1v) is 32.5. The molecule has 0 unspecified atom stereocenters. The molecule has 10 nitrogen and oxygen atoms in total. The van der Waals surface area contributed by atoms with Gasteiger partial charge in [0, 0.05) is 83.4 Å². The lowest BCUT2D eigenvalue weighted by atomic mass is 10.0. The summed E-state index contributed by atoms with van der Waals surface area (Å²) in [5.41, 5.74) is 19.6. The summed E-state index contributed by atoms with van der Waals surface area (Å²) < 4.78 is 21.3. The van der Waals surface area contributed by atoms with Crippen LogP contribution in [-0.2, 0) is 0 Å². The van der Waals surface area contributed by atoms with Gasteiger partial charge in [0.1, 0.15) is 16.6 Å². The zero-order valence-electron chi connectivity index (χ0n) is 52.1. The van der Waals surface area contributed by atoms with Crippen molar-refractivity contribution < 1.29 is 13.3 Å². The minimum absolute atomic E-state index is 0.576. The van der Waals surface area contributed by atoms with Gasteiger partial charge in [-0.3, -0.25) is 0 Å². The molecule has 19 aromatic rings. The monoisotopic (exact) mass is 1250 g/mol. The van der Waals surface area contributed by atoms with Crippen molar-refractivity contribution in [3.05, 3.63) is 334 Å². The van der Waals surface area contributed by atoms with Crippen molar-refractivity contribution in [1.29, 1.82) is 0 Å². The second-order valence-electron chi connectivity index (χ2n) is 24.4. The lowest BCUT2D eigenvalue weighted by molar-refractivity contribution is 0.619. The van der Waals surface area contributed by atoms with Crippen LogP contribution in [0, 0.1) is 0 Å². The molecule has 0 spiro atoms. The van der Waals surface area contributed by atoms with Crippen molar-refractivity contribution in [3.8, 4) is 40.0 Å². The van der Waals surface area contributed by atoms with Gasteiger partial charge in [-0.1, -0.05) is 146 Å². The Bertz CT molecular complexity index is 5850. The average molecular weight is 1250 g/mol. The minimum Gasteiger partial charge on any atom is -0.436 e. The second kappa shape index (κ2) is 22.8. The first-order chi connectivity index (χ1) is 48.0. The molecule has 0 radical (unpaired) electrons. The Morgan fingerprint density at radius 2 is 0.526 bits per heavy atom. The van der Waals surface area contributed by atoms with Crippen molar-refractivity contribution in [2.45, 2.75) is 0 Å². The van der Waals surface area contributed by atoms with E-state index in [2.05, 4.69) is 280 Å². The highest BCUT2D eigenvalue weighted by atomic mass is 16.4. The Morgan fingerprint density at radius 1 is 0.237 bits per heavy atom. The molecule has 19 rings (SSSR count). The third-order valence-electron chi connectivity index (χ3n) is 18.6. The van der Waals surface area contributed by atoms with Crippen LogP contribution < -0.4 is 14.7 Å². The van der Waals surface area contributed by atoms with Crippen LogP contribution in [0.3, 0.4) is 0 Å². The molecular weight excluding hydrogens is 1190 g/mol. The van der Waals surface area contributed by atoms with Crippen molar-refractivity contribution in [1.82, 2.24) is 19.5 Å². The van der Waals surface area contributed by atoms with E-state index in [9.17, 15) is 0 Å². The van der Waals surface area contributed by atoms with E-state index in [1.54, 1.807) is 0 Å². The fourth-order valence-electron chi connectivity index (χ4n) is 14.0. The molecule has 0 saturated carbocycles. The third-order valence-corrected chi connectivity index (χ3v) is 18.6. The van der Waals surface area contributed by atoms with Crippen LogP contribution >= 0.6 is 0 Å². The molecule has 4 aromatic heterocycles. The normalized spacial score (nSPS) is 11.7. The average Bonchev–Trinajstić information content (AvgIpc) is 1.69. The number of rotatable bonds is 13.